The van der Waals surface area contributed by atoms with Gasteiger partial charge in [0.1, 0.15) is 0 Å². The summed E-state index contributed by atoms with van der Waals surface area (Å²) in [5.74, 6) is 0.644. The molecule has 4 aromatic heterocycles. The number of hydrogen-bond donors (Lipinski definition) is 0. The van der Waals surface area contributed by atoms with E-state index in [1.165, 1.54) is 72.8 Å². The second-order valence-corrected chi connectivity index (χ2v) is 31.8. The molecule has 0 aliphatic rings. The molecule has 19 rings (SSSR count). The molecule has 0 radical (unpaired) electrons. The highest BCUT2D eigenvalue weighted by molar-refractivity contribution is 6.14. The minimum absolute atomic E-state index is 0.0306. The third-order valence-electron chi connectivity index (χ3n) is 23.2. The fraction of sp³-hybridized carbons (Fsp3) is 0.0769. The van der Waals surface area contributed by atoms with Crippen molar-refractivity contribution in [2.45, 2.75) is 49.4 Å². The van der Waals surface area contributed by atoms with Gasteiger partial charge in [-0.3, -0.25) is 0 Å². The molecule has 0 amide bonds. The van der Waals surface area contributed by atoms with Crippen molar-refractivity contribution in [1.29, 1.82) is 0 Å². The summed E-state index contributed by atoms with van der Waals surface area (Å²) in [6, 6.07) is 69.6. The Morgan fingerprint density at radius 1 is 0.162 bits per heavy atom. The van der Waals surface area contributed by atoms with Gasteiger partial charge < -0.3 is 9.13 Å². The average molecular weight is 1870 g/mol. The summed E-state index contributed by atoms with van der Waals surface area (Å²) in [5.41, 5.74) is -14.2. The predicted molar refractivity (Wildman–Crippen MR) is 467 cm³/mol. The molecule has 0 bridgehead atoms. The molecule has 8 nitrogen and oxygen atoms in total. The zero-order chi connectivity index (χ0) is 95.8. The lowest BCUT2D eigenvalue weighted by Gasteiger charge is -2.18. The number of nitrogens with zero attached hydrogens (tertiary/aromatic N) is 8. The van der Waals surface area contributed by atoms with Crippen LogP contribution >= 0.6 is 0 Å². The molecule has 136 heavy (non-hydrogen) atoms. The summed E-state index contributed by atoms with van der Waals surface area (Å²) in [5, 5.41) is -0.264. The summed E-state index contributed by atoms with van der Waals surface area (Å²) in [7, 11) is 0. The van der Waals surface area contributed by atoms with Gasteiger partial charge in [0, 0.05) is 66.2 Å². The van der Waals surface area contributed by atoms with Crippen molar-refractivity contribution in [1.82, 2.24) is 39.0 Å². The number of fused-ring (bicyclic) bond motifs is 6. The second-order valence-electron chi connectivity index (χ2n) is 31.8. The van der Waals surface area contributed by atoms with E-state index in [1.807, 2.05) is 0 Å². The van der Waals surface area contributed by atoms with E-state index >= 15 is 52.7 Å². The van der Waals surface area contributed by atoms with E-state index in [0.29, 0.717) is 70.8 Å². The highest BCUT2D eigenvalue weighted by Crippen LogP contribution is 2.52. The van der Waals surface area contributed by atoms with E-state index in [9.17, 15) is 52.7 Å². The van der Waals surface area contributed by atoms with Crippen molar-refractivity contribution in [3.05, 3.63) is 372 Å². The summed E-state index contributed by atoms with van der Waals surface area (Å²) in [4.78, 5) is 29.9. The van der Waals surface area contributed by atoms with Crippen molar-refractivity contribution in [2.24, 2.45) is 0 Å². The SMILES string of the molecule is FC(F)(F)c1ccc(-c2ccc3c(c2)c2cc(-c4ccc(C(F)(F)F)cc4C(F)(F)F)ccc2n3-c2cc(-c3cccc(-c4cc(-c5nc(-c6ccccc6)nc(-c6ccccc6)n5)ccc4-n4c5ccc(-c6ccc(C(F)(F)F)cc6C(F)(F)F)cc5c5cc(-c6ccc(C(F)(F)F)cc6C(F)(F)F)ccc54)c3)cc(-c3nc(-c4ccccc4)nc(-c4ccccc4)n3)c2)c(C(F)(F)F)c1. The third-order valence-corrected chi connectivity index (χ3v) is 23.2. The van der Waals surface area contributed by atoms with Crippen LogP contribution in [-0.2, 0) is 49.4 Å². The maximum absolute atomic E-state index is 15.3. The lowest BCUT2D eigenvalue weighted by atomic mass is 9.94. The van der Waals surface area contributed by atoms with Gasteiger partial charge in [-0.25, -0.2) is 29.9 Å². The van der Waals surface area contributed by atoms with E-state index in [2.05, 4.69) is 0 Å². The summed E-state index contributed by atoms with van der Waals surface area (Å²) in [6.45, 7) is 0. The van der Waals surface area contributed by atoms with Crippen molar-refractivity contribution < 1.29 is 105 Å². The minimum atomic E-state index is -5.46. The first kappa shape index (κ1) is 89.5. The Labute approximate surface area is 752 Å². The maximum atomic E-state index is 15.3. The molecule has 0 aliphatic heterocycles. The highest BCUT2D eigenvalue weighted by atomic mass is 19.4. The monoisotopic (exact) mass is 1870 g/mol. The van der Waals surface area contributed by atoms with Crippen LogP contribution in [0, 0.1) is 0 Å². The van der Waals surface area contributed by atoms with Gasteiger partial charge in [-0.05, 0) is 201 Å². The summed E-state index contributed by atoms with van der Waals surface area (Å²) >= 11 is 0. The van der Waals surface area contributed by atoms with Gasteiger partial charge >= 0.3 is 49.4 Å². The van der Waals surface area contributed by atoms with Gasteiger partial charge in [0.2, 0.25) is 0 Å². The van der Waals surface area contributed by atoms with Crippen LogP contribution in [0.15, 0.2) is 328 Å². The average Bonchev–Trinajstić information content (AvgIpc) is 1.56. The third kappa shape index (κ3) is 17.2. The topological polar surface area (TPSA) is 87.2 Å². The fourth-order valence-electron chi connectivity index (χ4n) is 17.0. The van der Waals surface area contributed by atoms with Crippen LogP contribution in [-0.4, -0.2) is 39.0 Å². The normalized spacial score (nSPS) is 12.7. The number of aromatic nitrogens is 8. The quantitative estimate of drug-likeness (QED) is 0.101. The maximum Gasteiger partial charge on any atom is 0.417 e. The van der Waals surface area contributed by atoms with Crippen molar-refractivity contribution in [3.63, 3.8) is 0 Å². The number of hydrogen-bond acceptors (Lipinski definition) is 6. The van der Waals surface area contributed by atoms with Gasteiger partial charge in [0.15, 0.2) is 34.9 Å². The molecule has 15 aromatic carbocycles. The first-order valence-corrected chi connectivity index (χ1v) is 40.9. The van der Waals surface area contributed by atoms with Crippen LogP contribution in [0.25, 0.3) is 190 Å². The van der Waals surface area contributed by atoms with Gasteiger partial charge in [-0.2, -0.15) is 105 Å². The molecule has 4 heterocycles. The van der Waals surface area contributed by atoms with Crippen LogP contribution in [0.2, 0.25) is 0 Å². The van der Waals surface area contributed by atoms with Crippen molar-refractivity contribution in [3.8, 4) is 146 Å². The van der Waals surface area contributed by atoms with E-state index < -0.39 is 116 Å². The Kier molecular flexibility index (Phi) is 21.8. The Bertz CT molecular complexity index is 7570. The van der Waals surface area contributed by atoms with Gasteiger partial charge in [0.05, 0.1) is 72.3 Å². The summed E-state index contributed by atoms with van der Waals surface area (Å²) < 4.78 is 359. The molecule has 0 fully saturated rings. The van der Waals surface area contributed by atoms with E-state index in [1.54, 1.807) is 191 Å². The van der Waals surface area contributed by atoms with Crippen LogP contribution in [0.3, 0.4) is 0 Å². The number of alkyl halides is 24. The first-order chi connectivity index (χ1) is 64.4. The van der Waals surface area contributed by atoms with Gasteiger partial charge in [0.25, 0.3) is 0 Å². The van der Waals surface area contributed by atoms with Crippen molar-refractivity contribution >= 4 is 43.6 Å². The fourth-order valence-corrected chi connectivity index (χ4v) is 17.0. The standard InChI is InChI=1S/C104H54F24N8/c105-97(106,107)68-29-33-73(82(51-68)101(117,118)119)61-24-37-87-78(46-61)79-47-62(74-34-30-69(98(108,109)110)52-83(74)102(120,121)122)25-38-88(79)135(87)72-44-66(43-67(45-72)96-133-93(57-18-9-3-10-19-57)130-94(134-96)58-20-11-4-12-21-58)59-22-13-23-60(42-59)77-50-65(95-131-91(55-14-5-1-6-15-55)129-92(132-95)56-16-7-2-8-17-56)28-41-86(77)136-89-39-26-63(75-35-31-70(99(111,112)113)53-84(75)103(123,124)125)48-80(89)81-49-64(27-40-90(81)136)76-36-32-71(100(114,115)116)54-85(76)104(126,127)128/h1-54H. The first-order valence-electron chi connectivity index (χ1n) is 40.9. The molecule has 678 valence electrons. The van der Waals surface area contributed by atoms with Gasteiger partial charge in [-0.1, -0.05) is 188 Å². The number of benzene rings is 15. The summed E-state index contributed by atoms with van der Waals surface area (Å²) in [6.07, 6.45) is -42.9. The lowest BCUT2D eigenvalue weighted by molar-refractivity contribution is -0.144. The molecule has 0 saturated heterocycles. The predicted octanol–water partition coefficient (Wildman–Crippen LogP) is 32.4. The van der Waals surface area contributed by atoms with Crippen LogP contribution in [0.1, 0.15) is 44.5 Å². The van der Waals surface area contributed by atoms with E-state index in [-0.39, 0.29) is 170 Å². The molecule has 19 aromatic rings. The highest BCUT2D eigenvalue weighted by Gasteiger charge is 2.44. The number of halogens is 24. The van der Waals surface area contributed by atoms with Crippen molar-refractivity contribution in [2.75, 3.05) is 0 Å². The molecule has 0 N–H and O–H groups in total. The van der Waals surface area contributed by atoms with Crippen LogP contribution < -0.4 is 0 Å². The van der Waals surface area contributed by atoms with E-state index in [4.69, 9.17) is 29.9 Å². The molecule has 0 aliphatic carbocycles. The molecule has 0 unspecified atom stereocenters. The van der Waals surface area contributed by atoms with Crippen LogP contribution in [0.4, 0.5) is 105 Å². The second kappa shape index (κ2) is 33.2. The molecular weight excluding hydrogens is 1820 g/mol. The Hall–Kier alpha value is -15.8. The molecule has 0 atom stereocenters. The zero-order valence-electron chi connectivity index (χ0n) is 68.8. The Balaban J connectivity index is 0.892. The molecular formula is C104H54F24N8. The zero-order valence-corrected chi connectivity index (χ0v) is 68.8. The van der Waals surface area contributed by atoms with E-state index in [0.717, 1.165) is 0 Å². The largest absolute Gasteiger partial charge is 0.417 e. The molecule has 32 heteroatoms. The Morgan fingerprint density at radius 2 is 0.412 bits per heavy atom. The molecule has 0 spiro atoms. The number of rotatable bonds is 14. The Morgan fingerprint density at radius 3 is 0.713 bits per heavy atom. The smallest absolute Gasteiger partial charge is 0.309 e. The van der Waals surface area contributed by atoms with Crippen LogP contribution in [0.5, 0.6) is 0 Å². The molecule has 0 saturated carbocycles. The minimum Gasteiger partial charge on any atom is -0.309 e. The lowest BCUT2D eigenvalue weighted by Crippen LogP contribution is -2.12. The van der Waals surface area contributed by atoms with Gasteiger partial charge in [-0.15, -0.1) is 0 Å².